The zero-order valence-electron chi connectivity index (χ0n) is 18.6. The maximum Gasteiger partial charge on any atom is 0.272 e. The number of fused-ring (bicyclic) bond motifs is 1. The molecule has 0 saturated carbocycles. The Morgan fingerprint density at radius 1 is 0.969 bits per heavy atom. The summed E-state index contributed by atoms with van der Waals surface area (Å²) in [4.78, 5) is 19.0. The highest BCUT2D eigenvalue weighted by atomic mass is 19.1. The lowest BCUT2D eigenvalue weighted by molar-refractivity contribution is 0.0948. The molecule has 1 saturated heterocycles. The average Bonchev–Trinajstić information content (AvgIpc) is 2.81. The van der Waals surface area contributed by atoms with Gasteiger partial charge in [-0.15, -0.1) is 10.2 Å². The van der Waals surface area contributed by atoms with Crippen molar-refractivity contribution in [3.8, 4) is 0 Å². The van der Waals surface area contributed by atoms with E-state index in [-0.39, 0.29) is 11.7 Å². The van der Waals surface area contributed by atoms with Crippen molar-refractivity contribution in [1.82, 2.24) is 20.4 Å². The molecule has 3 aromatic rings. The molecule has 0 aliphatic carbocycles. The molecule has 1 aromatic heterocycles. The number of hydrogen-bond donors (Lipinski definition) is 1. The van der Waals surface area contributed by atoms with Gasteiger partial charge in [0, 0.05) is 43.5 Å². The highest BCUT2D eigenvalue weighted by Crippen LogP contribution is 2.28. The van der Waals surface area contributed by atoms with Gasteiger partial charge in [0.1, 0.15) is 5.82 Å². The lowest BCUT2D eigenvalue weighted by Gasteiger charge is -2.37. The summed E-state index contributed by atoms with van der Waals surface area (Å²) in [5, 5.41) is 13.4. The zero-order chi connectivity index (χ0) is 22.5. The number of rotatable bonds is 7. The van der Waals surface area contributed by atoms with Gasteiger partial charge < -0.3 is 20.0 Å². The summed E-state index contributed by atoms with van der Waals surface area (Å²) < 4.78 is 14.2. The van der Waals surface area contributed by atoms with Crippen molar-refractivity contribution in [3.63, 3.8) is 0 Å². The molecule has 0 bridgehead atoms. The van der Waals surface area contributed by atoms with Gasteiger partial charge in [-0.25, -0.2) is 4.39 Å². The number of benzene rings is 2. The van der Waals surface area contributed by atoms with Crippen LogP contribution < -0.4 is 15.1 Å². The summed E-state index contributed by atoms with van der Waals surface area (Å²) >= 11 is 0. The van der Waals surface area contributed by atoms with E-state index >= 15 is 0 Å². The van der Waals surface area contributed by atoms with E-state index in [0.717, 1.165) is 29.6 Å². The fourth-order valence-corrected chi connectivity index (χ4v) is 4.04. The second-order valence-corrected chi connectivity index (χ2v) is 8.26. The van der Waals surface area contributed by atoms with Crippen LogP contribution in [0.25, 0.3) is 10.8 Å². The summed E-state index contributed by atoms with van der Waals surface area (Å²) in [6.07, 6.45) is 0.870. The normalized spacial score (nSPS) is 14.2. The molecule has 32 heavy (non-hydrogen) atoms. The number of halogens is 1. The van der Waals surface area contributed by atoms with E-state index in [1.54, 1.807) is 6.07 Å². The van der Waals surface area contributed by atoms with E-state index < -0.39 is 0 Å². The first-order valence-electron chi connectivity index (χ1n) is 11.0. The molecular weight excluding hydrogens is 407 g/mol. The minimum atomic E-state index is -0.205. The molecule has 1 aliphatic heterocycles. The van der Waals surface area contributed by atoms with Crippen LogP contribution in [0.2, 0.25) is 0 Å². The SMILES string of the molecule is CN(C)CCCNC(=O)c1nnc(N2CCN(c3ccccc3F)CC2)c2ccccc12. The van der Waals surface area contributed by atoms with E-state index in [1.165, 1.54) is 6.07 Å². The molecule has 1 amide bonds. The van der Waals surface area contributed by atoms with Gasteiger partial charge in [-0.3, -0.25) is 4.79 Å². The maximum absolute atomic E-state index is 14.2. The third kappa shape index (κ3) is 4.80. The molecule has 2 aromatic carbocycles. The van der Waals surface area contributed by atoms with Gasteiger partial charge in [0.15, 0.2) is 11.5 Å². The number of carbonyl (C=O) groups excluding carboxylic acids is 1. The lowest BCUT2D eigenvalue weighted by Crippen LogP contribution is -2.47. The van der Waals surface area contributed by atoms with Crippen molar-refractivity contribution >= 4 is 28.2 Å². The van der Waals surface area contributed by atoms with Crippen molar-refractivity contribution in [3.05, 3.63) is 60.0 Å². The Labute approximate surface area is 187 Å². The molecule has 2 heterocycles. The van der Waals surface area contributed by atoms with Crippen LogP contribution in [-0.2, 0) is 0 Å². The Hall–Kier alpha value is -3.26. The molecule has 0 spiro atoms. The summed E-state index contributed by atoms with van der Waals surface area (Å²) in [5.41, 5.74) is 0.976. The van der Waals surface area contributed by atoms with Crippen LogP contribution in [0.3, 0.4) is 0 Å². The van der Waals surface area contributed by atoms with Gasteiger partial charge in [0.05, 0.1) is 5.69 Å². The van der Waals surface area contributed by atoms with Crippen molar-refractivity contribution < 1.29 is 9.18 Å². The smallest absolute Gasteiger partial charge is 0.272 e. The average molecular weight is 437 g/mol. The fourth-order valence-electron chi connectivity index (χ4n) is 4.04. The molecule has 4 rings (SSSR count). The molecule has 7 nitrogen and oxygen atoms in total. The van der Waals surface area contributed by atoms with Gasteiger partial charge in [0.25, 0.3) is 5.91 Å². The lowest BCUT2D eigenvalue weighted by atomic mass is 10.1. The fraction of sp³-hybridized carbons (Fsp3) is 0.375. The maximum atomic E-state index is 14.2. The molecule has 1 N–H and O–H groups in total. The number of nitrogens with one attached hydrogen (secondary N) is 1. The minimum absolute atomic E-state index is 0.202. The van der Waals surface area contributed by atoms with E-state index in [1.807, 2.05) is 50.5 Å². The molecular formula is C24H29FN6O. The third-order valence-corrected chi connectivity index (χ3v) is 5.72. The first kappa shape index (κ1) is 22.0. The summed E-state index contributed by atoms with van der Waals surface area (Å²) in [7, 11) is 4.02. The predicted molar refractivity (Wildman–Crippen MR) is 126 cm³/mol. The van der Waals surface area contributed by atoms with E-state index in [0.29, 0.717) is 44.1 Å². The Balaban J connectivity index is 1.49. The highest BCUT2D eigenvalue weighted by molar-refractivity contribution is 6.07. The quantitative estimate of drug-likeness (QED) is 0.575. The van der Waals surface area contributed by atoms with Crippen LogP contribution in [0, 0.1) is 5.82 Å². The molecule has 1 aliphatic rings. The Morgan fingerprint density at radius 2 is 1.62 bits per heavy atom. The van der Waals surface area contributed by atoms with Gasteiger partial charge in [0.2, 0.25) is 0 Å². The van der Waals surface area contributed by atoms with Crippen molar-refractivity contribution in [2.24, 2.45) is 0 Å². The Bertz CT molecular complexity index is 1080. The van der Waals surface area contributed by atoms with Crippen LogP contribution in [-0.4, -0.2) is 74.4 Å². The Morgan fingerprint density at radius 3 is 2.34 bits per heavy atom. The molecule has 0 radical (unpaired) electrons. The number of carbonyl (C=O) groups is 1. The van der Waals surface area contributed by atoms with Crippen molar-refractivity contribution in [2.45, 2.75) is 6.42 Å². The van der Waals surface area contributed by atoms with E-state index in [2.05, 4.69) is 30.2 Å². The van der Waals surface area contributed by atoms with Crippen LogP contribution in [0.5, 0.6) is 0 Å². The van der Waals surface area contributed by atoms with Crippen LogP contribution in [0.15, 0.2) is 48.5 Å². The second kappa shape index (κ2) is 9.91. The minimum Gasteiger partial charge on any atom is -0.366 e. The monoisotopic (exact) mass is 436 g/mol. The molecule has 168 valence electrons. The van der Waals surface area contributed by atoms with Crippen molar-refractivity contribution in [2.75, 3.05) is 63.2 Å². The first-order chi connectivity index (χ1) is 15.5. The standard InChI is InChI=1S/C24H29FN6O/c1-29(2)13-7-12-26-24(32)22-18-8-3-4-9-19(18)23(28-27-22)31-16-14-30(15-17-31)21-11-6-5-10-20(21)25/h3-6,8-11H,7,12-17H2,1-2H3,(H,26,32). The summed E-state index contributed by atoms with van der Waals surface area (Å²) in [5.74, 6) is 0.355. The van der Waals surface area contributed by atoms with Crippen LogP contribution in [0.1, 0.15) is 16.9 Å². The topological polar surface area (TPSA) is 64.6 Å². The number of nitrogens with zero attached hydrogens (tertiary/aromatic N) is 5. The number of piperazine rings is 1. The Kier molecular flexibility index (Phi) is 6.80. The molecule has 1 fully saturated rings. The van der Waals surface area contributed by atoms with Gasteiger partial charge in [-0.2, -0.15) is 0 Å². The molecule has 8 heteroatoms. The number of anilines is 2. The van der Waals surface area contributed by atoms with E-state index in [9.17, 15) is 9.18 Å². The van der Waals surface area contributed by atoms with Gasteiger partial charge >= 0.3 is 0 Å². The van der Waals surface area contributed by atoms with Crippen molar-refractivity contribution in [1.29, 1.82) is 0 Å². The summed E-state index contributed by atoms with van der Waals surface area (Å²) in [6.45, 7) is 4.26. The molecule has 0 unspecified atom stereocenters. The van der Waals surface area contributed by atoms with Crippen LogP contribution >= 0.6 is 0 Å². The highest BCUT2D eigenvalue weighted by Gasteiger charge is 2.23. The third-order valence-electron chi connectivity index (χ3n) is 5.72. The number of amides is 1. The van der Waals surface area contributed by atoms with Gasteiger partial charge in [-0.1, -0.05) is 36.4 Å². The number of aromatic nitrogens is 2. The number of hydrogen-bond acceptors (Lipinski definition) is 6. The largest absolute Gasteiger partial charge is 0.366 e. The number of para-hydroxylation sites is 1. The first-order valence-corrected chi connectivity index (χ1v) is 11.0. The predicted octanol–water partition coefficient (Wildman–Crippen LogP) is 2.78. The zero-order valence-corrected chi connectivity index (χ0v) is 18.6. The second-order valence-electron chi connectivity index (χ2n) is 8.26. The van der Waals surface area contributed by atoms with Crippen LogP contribution in [0.4, 0.5) is 15.9 Å². The van der Waals surface area contributed by atoms with E-state index in [4.69, 9.17) is 0 Å². The summed E-state index contributed by atoms with van der Waals surface area (Å²) in [6, 6.07) is 14.6. The molecule has 0 atom stereocenters. The van der Waals surface area contributed by atoms with Gasteiger partial charge in [-0.05, 0) is 39.2 Å².